The summed E-state index contributed by atoms with van der Waals surface area (Å²) in [6.45, 7) is 2.99. The quantitative estimate of drug-likeness (QED) is 0.812. The number of ether oxygens (including phenoxy) is 2. The van der Waals surface area contributed by atoms with Gasteiger partial charge in [0, 0.05) is 37.5 Å². The van der Waals surface area contributed by atoms with Crippen molar-refractivity contribution in [1.29, 1.82) is 0 Å². The first-order chi connectivity index (χ1) is 13.7. The molecule has 1 aromatic heterocycles. The second-order valence-corrected chi connectivity index (χ2v) is 7.61. The molecule has 2 atom stereocenters. The summed E-state index contributed by atoms with van der Waals surface area (Å²) < 4.78 is 43.7. The lowest BCUT2D eigenvalue weighted by atomic mass is 9.98. The zero-order valence-corrected chi connectivity index (χ0v) is 15.7. The Balaban J connectivity index is 0.000000298. The Labute approximate surface area is 165 Å². The van der Waals surface area contributed by atoms with Crippen molar-refractivity contribution in [3.63, 3.8) is 0 Å². The van der Waals surface area contributed by atoms with Crippen LogP contribution in [0.4, 0.5) is 13.2 Å². The van der Waals surface area contributed by atoms with Crippen LogP contribution in [0.1, 0.15) is 36.0 Å². The van der Waals surface area contributed by atoms with Crippen molar-refractivity contribution in [3.8, 4) is 0 Å². The normalized spacial score (nSPS) is 26.3. The molecular formula is C19H23F3N2O5. The van der Waals surface area contributed by atoms with Crippen LogP contribution in [0, 0.1) is 5.92 Å². The van der Waals surface area contributed by atoms with Crippen LogP contribution in [0.25, 0.3) is 0 Å². The number of likely N-dealkylation sites (tertiary alicyclic amines) is 1. The molecule has 0 aromatic carbocycles. The fraction of sp³-hybridized carbons (Fsp3) is 0.632. The predicted molar refractivity (Wildman–Crippen MR) is 94.2 cm³/mol. The molecule has 7 nitrogen and oxygen atoms in total. The third-order valence-corrected chi connectivity index (χ3v) is 5.21. The van der Waals surface area contributed by atoms with E-state index in [9.17, 15) is 18.0 Å². The summed E-state index contributed by atoms with van der Waals surface area (Å²) >= 11 is 0. The number of carbonyl (C=O) groups excluding carboxylic acids is 1. The van der Waals surface area contributed by atoms with Crippen LogP contribution in [-0.2, 0) is 14.3 Å². The largest absolute Gasteiger partial charge is 0.490 e. The van der Waals surface area contributed by atoms with Gasteiger partial charge in [-0.15, -0.1) is 0 Å². The van der Waals surface area contributed by atoms with E-state index in [0.29, 0.717) is 18.7 Å². The van der Waals surface area contributed by atoms with Crippen molar-refractivity contribution < 1.29 is 37.3 Å². The molecule has 29 heavy (non-hydrogen) atoms. The molecule has 1 aliphatic carbocycles. The molecule has 3 aliphatic rings. The molecule has 10 heteroatoms. The fourth-order valence-electron chi connectivity index (χ4n) is 3.45. The van der Waals surface area contributed by atoms with E-state index in [1.807, 2.05) is 4.90 Å². The van der Waals surface area contributed by atoms with Crippen molar-refractivity contribution in [2.24, 2.45) is 5.92 Å². The third kappa shape index (κ3) is 5.89. The van der Waals surface area contributed by atoms with Gasteiger partial charge in [0.05, 0.1) is 24.9 Å². The van der Waals surface area contributed by atoms with Crippen molar-refractivity contribution in [2.75, 3.05) is 26.3 Å². The molecule has 1 N–H and O–H groups in total. The van der Waals surface area contributed by atoms with Gasteiger partial charge >= 0.3 is 12.1 Å². The van der Waals surface area contributed by atoms with Crippen LogP contribution in [0.15, 0.2) is 24.5 Å². The summed E-state index contributed by atoms with van der Waals surface area (Å²) in [5, 5.41) is 7.12. The first-order valence-corrected chi connectivity index (χ1v) is 9.43. The molecule has 2 unspecified atom stereocenters. The molecule has 0 radical (unpaired) electrons. The number of amides is 1. The number of hydrogen-bond acceptors (Lipinski definition) is 5. The summed E-state index contributed by atoms with van der Waals surface area (Å²) in [4.78, 5) is 27.3. The smallest absolute Gasteiger partial charge is 0.475 e. The Bertz CT molecular complexity index is 726. The molecule has 1 spiro atoms. The van der Waals surface area contributed by atoms with Crippen molar-refractivity contribution in [1.82, 2.24) is 9.88 Å². The number of carboxylic acid groups (broad SMARTS) is 1. The molecular weight excluding hydrogens is 393 g/mol. The van der Waals surface area contributed by atoms with E-state index in [1.165, 1.54) is 12.8 Å². The van der Waals surface area contributed by atoms with Crippen molar-refractivity contribution in [3.05, 3.63) is 30.1 Å². The minimum Gasteiger partial charge on any atom is -0.475 e. The number of alkyl halides is 3. The van der Waals surface area contributed by atoms with Gasteiger partial charge in [0.1, 0.15) is 0 Å². The van der Waals surface area contributed by atoms with E-state index >= 15 is 0 Å². The highest BCUT2D eigenvalue weighted by molar-refractivity contribution is 5.94. The van der Waals surface area contributed by atoms with Gasteiger partial charge in [0.2, 0.25) is 0 Å². The first kappa shape index (κ1) is 21.5. The number of nitrogens with zero attached hydrogens (tertiary/aromatic N) is 2. The average molecular weight is 416 g/mol. The molecule has 1 saturated carbocycles. The molecule has 2 aliphatic heterocycles. The Morgan fingerprint density at radius 3 is 2.55 bits per heavy atom. The number of aliphatic carboxylic acids is 1. The SMILES string of the molecule is O=C(O)C(F)(F)F.O=C(c1ccncc1)N1CCC2(CC(OCC3CC3)CO2)C1. The predicted octanol–water partition coefficient (Wildman–Crippen LogP) is 2.52. The number of carboxylic acids is 1. The number of rotatable bonds is 4. The summed E-state index contributed by atoms with van der Waals surface area (Å²) in [6.07, 6.45) is 2.89. The van der Waals surface area contributed by atoms with Crippen LogP contribution in [0.5, 0.6) is 0 Å². The van der Waals surface area contributed by atoms with E-state index in [1.54, 1.807) is 24.5 Å². The van der Waals surface area contributed by atoms with Crippen LogP contribution in [0.3, 0.4) is 0 Å². The summed E-state index contributed by atoms with van der Waals surface area (Å²) in [7, 11) is 0. The molecule has 1 amide bonds. The summed E-state index contributed by atoms with van der Waals surface area (Å²) in [5.74, 6) is -1.90. The van der Waals surface area contributed by atoms with E-state index in [-0.39, 0.29) is 17.6 Å². The first-order valence-electron chi connectivity index (χ1n) is 9.43. The molecule has 1 aromatic rings. The van der Waals surface area contributed by atoms with Gasteiger partial charge in [-0.05, 0) is 37.3 Å². The Morgan fingerprint density at radius 2 is 1.97 bits per heavy atom. The van der Waals surface area contributed by atoms with Crippen LogP contribution in [-0.4, -0.2) is 71.1 Å². The minimum absolute atomic E-state index is 0.0743. The Kier molecular flexibility index (Phi) is 6.42. The highest BCUT2D eigenvalue weighted by Gasteiger charge is 2.47. The number of aromatic nitrogens is 1. The molecule has 160 valence electrons. The van der Waals surface area contributed by atoms with Gasteiger partial charge < -0.3 is 19.5 Å². The van der Waals surface area contributed by atoms with Gasteiger partial charge in [-0.25, -0.2) is 4.79 Å². The van der Waals surface area contributed by atoms with E-state index in [2.05, 4.69) is 4.98 Å². The molecule has 0 bridgehead atoms. The maximum Gasteiger partial charge on any atom is 0.490 e. The van der Waals surface area contributed by atoms with E-state index in [0.717, 1.165) is 31.9 Å². The molecule has 2 saturated heterocycles. The standard InChI is InChI=1S/C17H22N2O3.C2HF3O2/c20-16(14-3-6-18-7-4-14)19-8-5-17(12-19)9-15(11-22-17)21-10-13-1-2-13;3-2(4,5)1(6)7/h3-4,6-7,13,15H,1-2,5,8-12H2;(H,6,7). The zero-order valence-electron chi connectivity index (χ0n) is 15.7. The highest BCUT2D eigenvalue weighted by Crippen LogP contribution is 2.38. The highest BCUT2D eigenvalue weighted by atomic mass is 19.4. The van der Waals surface area contributed by atoms with Crippen LogP contribution < -0.4 is 0 Å². The number of pyridine rings is 1. The number of carbonyl (C=O) groups is 2. The maximum atomic E-state index is 12.5. The summed E-state index contributed by atoms with van der Waals surface area (Å²) in [6, 6.07) is 3.54. The Morgan fingerprint density at radius 1 is 1.31 bits per heavy atom. The molecule has 3 heterocycles. The minimum atomic E-state index is -5.08. The van der Waals surface area contributed by atoms with Crippen LogP contribution >= 0.6 is 0 Å². The lowest BCUT2D eigenvalue weighted by Gasteiger charge is -2.23. The maximum absolute atomic E-state index is 12.5. The molecule has 3 fully saturated rings. The monoisotopic (exact) mass is 416 g/mol. The second kappa shape index (κ2) is 8.66. The van der Waals surface area contributed by atoms with Crippen molar-refractivity contribution in [2.45, 2.75) is 43.6 Å². The van der Waals surface area contributed by atoms with Gasteiger partial charge in [-0.3, -0.25) is 9.78 Å². The fourth-order valence-corrected chi connectivity index (χ4v) is 3.45. The van der Waals surface area contributed by atoms with E-state index in [4.69, 9.17) is 19.4 Å². The van der Waals surface area contributed by atoms with Gasteiger partial charge in [-0.1, -0.05) is 0 Å². The van der Waals surface area contributed by atoms with E-state index < -0.39 is 12.1 Å². The number of halogens is 3. The topological polar surface area (TPSA) is 89.0 Å². The molecule has 4 rings (SSSR count). The van der Waals surface area contributed by atoms with Gasteiger partial charge in [0.25, 0.3) is 5.91 Å². The van der Waals surface area contributed by atoms with Gasteiger partial charge in [-0.2, -0.15) is 13.2 Å². The van der Waals surface area contributed by atoms with Gasteiger partial charge in [0.15, 0.2) is 0 Å². The Hall–Kier alpha value is -2.20. The zero-order chi connectivity index (χ0) is 21.1. The lowest BCUT2D eigenvalue weighted by Crippen LogP contribution is -2.36. The average Bonchev–Trinajstić information content (AvgIpc) is 3.30. The third-order valence-electron chi connectivity index (χ3n) is 5.21. The number of hydrogen-bond donors (Lipinski definition) is 1. The summed E-state index contributed by atoms with van der Waals surface area (Å²) in [5.41, 5.74) is 0.517. The lowest BCUT2D eigenvalue weighted by molar-refractivity contribution is -0.192. The van der Waals surface area contributed by atoms with Crippen LogP contribution in [0.2, 0.25) is 0 Å². The second-order valence-electron chi connectivity index (χ2n) is 7.61. The van der Waals surface area contributed by atoms with Crippen molar-refractivity contribution >= 4 is 11.9 Å².